The fourth-order valence-electron chi connectivity index (χ4n) is 2.16. The first-order chi connectivity index (χ1) is 10.8. The molecule has 0 spiro atoms. The molecule has 1 aliphatic rings. The van der Waals surface area contributed by atoms with Crippen molar-refractivity contribution in [3.8, 4) is 0 Å². The van der Waals surface area contributed by atoms with Crippen LogP contribution < -0.4 is 0 Å². The van der Waals surface area contributed by atoms with E-state index in [0.717, 1.165) is 29.2 Å². The van der Waals surface area contributed by atoms with Crippen molar-refractivity contribution in [2.45, 2.75) is 36.5 Å². The molecule has 2 rings (SSSR count). The van der Waals surface area contributed by atoms with Crippen molar-refractivity contribution in [1.82, 2.24) is 4.90 Å². The van der Waals surface area contributed by atoms with Crippen molar-refractivity contribution in [1.29, 1.82) is 0 Å². The van der Waals surface area contributed by atoms with Crippen molar-refractivity contribution in [2.75, 3.05) is 13.1 Å². The Morgan fingerprint density at radius 3 is 2.12 bits per heavy atom. The molecule has 0 saturated carbocycles. The van der Waals surface area contributed by atoms with Gasteiger partial charge in [-0.25, -0.2) is 17.6 Å². The summed E-state index contributed by atoms with van der Waals surface area (Å²) < 4.78 is 70.8. The molecule has 134 valence electrons. The van der Waals surface area contributed by atoms with Crippen LogP contribution in [0, 0.1) is 11.7 Å². The number of alkyl halides is 2. The number of ether oxygens (including phenoxy) is 1. The second-order valence-corrected chi connectivity index (χ2v) is 8.62. The number of amides is 1. The first-order valence-corrected chi connectivity index (χ1v) is 8.69. The van der Waals surface area contributed by atoms with E-state index in [4.69, 9.17) is 4.74 Å². The van der Waals surface area contributed by atoms with Crippen molar-refractivity contribution in [3.05, 3.63) is 30.1 Å². The molecule has 1 heterocycles. The van der Waals surface area contributed by atoms with Crippen molar-refractivity contribution < 1.29 is 31.1 Å². The number of nitrogens with zero attached hydrogens (tertiary/aromatic N) is 1. The van der Waals surface area contributed by atoms with Crippen LogP contribution in [0.3, 0.4) is 0 Å². The highest BCUT2D eigenvalue weighted by Crippen LogP contribution is 2.40. The van der Waals surface area contributed by atoms with Crippen LogP contribution in [-0.2, 0) is 14.6 Å². The summed E-state index contributed by atoms with van der Waals surface area (Å²) in [6, 6.07) is 3.19. The molecule has 9 heteroatoms. The van der Waals surface area contributed by atoms with Gasteiger partial charge in [-0.15, -0.1) is 0 Å². The number of carbonyl (C=O) groups is 1. The van der Waals surface area contributed by atoms with Crippen molar-refractivity contribution in [2.24, 2.45) is 5.92 Å². The monoisotopic (exact) mass is 365 g/mol. The average molecular weight is 365 g/mol. The normalized spacial score (nSPS) is 16.7. The summed E-state index contributed by atoms with van der Waals surface area (Å²) in [5, 5.41) is -4.07. The molecule has 1 aromatic rings. The summed E-state index contributed by atoms with van der Waals surface area (Å²) >= 11 is 0. The van der Waals surface area contributed by atoms with Gasteiger partial charge in [0.05, 0.1) is 10.8 Å². The predicted molar refractivity (Wildman–Crippen MR) is 79.8 cm³/mol. The molecule has 24 heavy (non-hydrogen) atoms. The summed E-state index contributed by atoms with van der Waals surface area (Å²) in [6.07, 6.45) is -0.770. The van der Waals surface area contributed by atoms with Crippen LogP contribution in [0.25, 0.3) is 0 Å². The molecule has 1 saturated heterocycles. The Labute approximate surface area is 138 Å². The lowest BCUT2D eigenvalue weighted by Crippen LogP contribution is -2.59. The molecule has 1 aliphatic heterocycles. The Morgan fingerprint density at radius 2 is 1.67 bits per heavy atom. The van der Waals surface area contributed by atoms with E-state index >= 15 is 0 Å². The minimum absolute atomic E-state index is 0.428. The average Bonchev–Trinajstić information content (AvgIpc) is 2.34. The topological polar surface area (TPSA) is 63.7 Å². The highest BCUT2D eigenvalue weighted by molar-refractivity contribution is 7.92. The van der Waals surface area contributed by atoms with Gasteiger partial charge in [-0.05, 0) is 45.0 Å². The molecule has 1 fully saturated rings. The van der Waals surface area contributed by atoms with Gasteiger partial charge in [0, 0.05) is 13.1 Å². The van der Waals surface area contributed by atoms with Crippen LogP contribution in [-0.4, -0.2) is 43.4 Å². The van der Waals surface area contributed by atoms with Crippen LogP contribution in [0.2, 0.25) is 0 Å². The van der Waals surface area contributed by atoms with Gasteiger partial charge < -0.3 is 9.64 Å². The summed E-state index contributed by atoms with van der Waals surface area (Å²) in [5.74, 6) is -2.27. The highest BCUT2D eigenvalue weighted by Gasteiger charge is 2.58. The highest BCUT2D eigenvalue weighted by atomic mass is 32.2. The maximum atomic E-state index is 14.3. The third-order valence-corrected chi connectivity index (χ3v) is 5.43. The van der Waals surface area contributed by atoms with E-state index < -0.39 is 56.5 Å². The van der Waals surface area contributed by atoms with Crippen molar-refractivity contribution in [3.63, 3.8) is 0 Å². The van der Waals surface area contributed by atoms with E-state index in [1.165, 1.54) is 0 Å². The van der Waals surface area contributed by atoms with Crippen LogP contribution in [0.1, 0.15) is 20.8 Å². The molecular weight excluding hydrogens is 347 g/mol. The maximum absolute atomic E-state index is 14.3. The Balaban J connectivity index is 2.10. The van der Waals surface area contributed by atoms with Crippen LogP contribution in [0.15, 0.2) is 29.2 Å². The minimum Gasteiger partial charge on any atom is -0.444 e. The second-order valence-electron chi connectivity index (χ2n) is 6.60. The van der Waals surface area contributed by atoms with Crippen LogP contribution >= 0.6 is 0 Å². The van der Waals surface area contributed by atoms with Crippen LogP contribution in [0.5, 0.6) is 0 Å². The quantitative estimate of drug-likeness (QED) is 0.773. The molecular formula is C15H18F3NO4S. The van der Waals surface area contributed by atoms with Crippen molar-refractivity contribution >= 4 is 15.9 Å². The fraction of sp³-hybridized carbons (Fsp3) is 0.533. The lowest BCUT2D eigenvalue weighted by molar-refractivity contribution is -0.0633. The first kappa shape index (κ1) is 18.6. The van der Waals surface area contributed by atoms with E-state index in [-0.39, 0.29) is 0 Å². The number of benzene rings is 1. The molecule has 0 atom stereocenters. The molecule has 0 bridgehead atoms. The van der Waals surface area contributed by atoms with Gasteiger partial charge in [-0.2, -0.15) is 8.78 Å². The molecule has 0 aromatic heterocycles. The smallest absolute Gasteiger partial charge is 0.410 e. The van der Waals surface area contributed by atoms with Gasteiger partial charge in [0.15, 0.2) is 0 Å². The number of sulfone groups is 1. The van der Waals surface area contributed by atoms with Gasteiger partial charge in [0.25, 0.3) is 0 Å². The third-order valence-electron chi connectivity index (χ3n) is 3.49. The molecule has 5 nitrogen and oxygen atoms in total. The maximum Gasteiger partial charge on any atom is 0.410 e. The first-order valence-electron chi connectivity index (χ1n) is 7.20. The Kier molecular flexibility index (Phi) is 4.60. The predicted octanol–water partition coefficient (Wildman–Crippen LogP) is 3.06. The number of halogens is 3. The molecule has 0 N–H and O–H groups in total. The molecule has 1 aromatic carbocycles. The zero-order valence-electron chi connectivity index (χ0n) is 13.4. The van der Waals surface area contributed by atoms with E-state index in [2.05, 4.69) is 0 Å². The van der Waals surface area contributed by atoms with Gasteiger partial charge in [-0.3, -0.25) is 0 Å². The lowest BCUT2D eigenvalue weighted by Gasteiger charge is -2.42. The molecule has 0 radical (unpaired) electrons. The third kappa shape index (κ3) is 3.50. The molecule has 0 aliphatic carbocycles. The number of rotatable bonds is 3. The van der Waals surface area contributed by atoms with Gasteiger partial charge in [0.1, 0.15) is 11.4 Å². The van der Waals surface area contributed by atoms with Gasteiger partial charge in [-0.1, -0.05) is 0 Å². The van der Waals surface area contributed by atoms with E-state index in [0.29, 0.717) is 0 Å². The summed E-state index contributed by atoms with van der Waals surface area (Å²) in [6.45, 7) is 4.05. The summed E-state index contributed by atoms with van der Waals surface area (Å²) in [4.78, 5) is 12.1. The zero-order chi connectivity index (χ0) is 18.3. The fourth-order valence-corrected chi connectivity index (χ4v) is 3.55. The largest absolute Gasteiger partial charge is 0.444 e. The second kappa shape index (κ2) is 5.94. The minimum atomic E-state index is -4.98. The van der Waals surface area contributed by atoms with E-state index in [1.807, 2.05) is 0 Å². The number of hydrogen-bond donors (Lipinski definition) is 0. The van der Waals surface area contributed by atoms with E-state index in [9.17, 15) is 26.4 Å². The Bertz CT molecular complexity index is 720. The summed E-state index contributed by atoms with van der Waals surface area (Å²) in [5.41, 5.74) is -0.773. The molecule has 1 amide bonds. The number of likely N-dealkylation sites (tertiary alicyclic amines) is 1. The summed E-state index contributed by atoms with van der Waals surface area (Å²) in [7, 11) is -4.98. The van der Waals surface area contributed by atoms with E-state index in [1.54, 1.807) is 20.8 Å². The Morgan fingerprint density at radius 1 is 1.17 bits per heavy atom. The van der Waals surface area contributed by atoms with Gasteiger partial charge >= 0.3 is 11.3 Å². The Hall–Kier alpha value is -1.77. The molecule has 0 unspecified atom stereocenters. The standard InChI is InChI=1S/C15H18F3NO4S/c1-14(2,3)23-13(20)19-8-10(9-19)15(17,18)24(21,22)12-6-4-11(16)5-7-12/h4-7,10H,8-9H2,1-3H3. The number of hydrogen-bond acceptors (Lipinski definition) is 4. The number of carbonyl (C=O) groups excluding carboxylic acids is 1. The lowest BCUT2D eigenvalue weighted by atomic mass is 10.0. The van der Waals surface area contributed by atoms with Crippen LogP contribution in [0.4, 0.5) is 18.0 Å². The SMILES string of the molecule is CC(C)(C)OC(=O)N1CC(C(F)(F)S(=O)(=O)c2ccc(F)cc2)C1. The zero-order valence-corrected chi connectivity index (χ0v) is 14.2. The van der Waals surface area contributed by atoms with Gasteiger partial charge in [0.2, 0.25) is 9.84 Å².